The first kappa shape index (κ1) is 15.6. The van der Waals surface area contributed by atoms with Crippen LogP contribution >= 0.6 is 0 Å². The van der Waals surface area contributed by atoms with Gasteiger partial charge in [-0.25, -0.2) is 9.80 Å². The van der Waals surface area contributed by atoms with Crippen LogP contribution in [0.1, 0.15) is 50.4 Å². The number of nitrogen functional groups attached to an aromatic ring is 1. The number of carbonyl (C=O) groups excluding carboxylic acids is 1. The van der Waals surface area contributed by atoms with Crippen LogP contribution in [-0.4, -0.2) is 29.7 Å². The fraction of sp³-hybridized carbons (Fsp3) is 0.562. The molecule has 0 amide bonds. The zero-order valence-electron chi connectivity index (χ0n) is 13.1. The summed E-state index contributed by atoms with van der Waals surface area (Å²) in [7, 11) is 0. The lowest BCUT2D eigenvalue weighted by Crippen LogP contribution is -2.47. The second-order valence-corrected chi connectivity index (χ2v) is 5.67. The first-order valence-corrected chi connectivity index (χ1v) is 7.64. The molecule has 21 heavy (non-hydrogen) atoms. The van der Waals surface area contributed by atoms with Crippen molar-refractivity contribution in [1.29, 1.82) is 0 Å². The van der Waals surface area contributed by atoms with Gasteiger partial charge >= 0.3 is 5.97 Å². The fourth-order valence-electron chi connectivity index (χ4n) is 2.80. The quantitative estimate of drug-likeness (QED) is 0.659. The number of nitrogens with two attached hydrogens (primary N) is 1. The third kappa shape index (κ3) is 3.67. The Morgan fingerprint density at radius 1 is 1.38 bits per heavy atom. The van der Waals surface area contributed by atoms with Gasteiger partial charge in [0.05, 0.1) is 12.2 Å². The zero-order valence-corrected chi connectivity index (χ0v) is 13.1. The molecule has 1 aromatic rings. The standard InChI is InChI=1S/C16H25N3O2/c1-4-21-16(20)14-10-13(8-9-15(14)17)18-19-11(2)6-5-7-12(19)3/h8-12,18H,4-7,17H2,1-3H3. The maximum atomic E-state index is 11.9. The van der Waals surface area contributed by atoms with Gasteiger partial charge in [0.2, 0.25) is 0 Å². The Labute approximate surface area is 126 Å². The molecule has 0 spiro atoms. The molecule has 2 rings (SSSR count). The van der Waals surface area contributed by atoms with Crippen molar-refractivity contribution >= 4 is 17.3 Å². The Morgan fingerprint density at radius 3 is 2.67 bits per heavy atom. The Morgan fingerprint density at radius 2 is 2.05 bits per heavy atom. The number of rotatable bonds is 4. The topological polar surface area (TPSA) is 67.6 Å². The lowest BCUT2D eigenvalue weighted by molar-refractivity contribution is 0.0527. The number of ether oxygens (including phenoxy) is 1. The average Bonchev–Trinajstić information content (AvgIpc) is 2.45. The summed E-state index contributed by atoms with van der Waals surface area (Å²) in [6.45, 7) is 6.56. The number of esters is 1. The van der Waals surface area contributed by atoms with E-state index in [-0.39, 0.29) is 5.97 Å². The minimum absolute atomic E-state index is 0.343. The highest BCUT2D eigenvalue weighted by molar-refractivity contribution is 5.96. The number of anilines is 2. The van der Waals surface area contributed by atoms with Gasteiger partial charge in [-0.15, -0.1) is 0 Å². The van der Waals surface area contributed by atoms with Crippen LogP contribution in [0.2, 0.25) is 0 Å². The van der Waals surface area contributed by atoms with Gasteiger partial charge in [0.15, 0.2) is 0 Å². The molecule has 5 heteroatoms. The number of hydrogen-bond acceptors (Lipinski definition) is 5. The summed E-state index contributed by atoms with van der Waals surface area (Å²) in [5, 5.41) is 2.25. The number of piperidine rings is 1. The number of nitrogens with one attached hydrogen (secondary N) is 1. The molecule has 5 nitrogen and oxygen atoms in total. The van der Waals surface area contributed by atoms with Crippen molar-refractivity contribution in [3.05, 3.63) is 23.8 Å². The molecular formula is C16H25N3O2. The molecule has 1 aliphatic rings. The van der Waals surface area contributed by atoms with Gasteiger partial charge in [-0.05, 0) is 51.8 Å². The molecule has 1 fully saturated rings. The third-order valence-electron chi connectivity index (χ3n) is 4.00. The van der Waals surface area contributed by atoms with Crippen LogP contribution in [0.15, 0.2) is 18.2 Å². The lowest BCUT2D eigenvalue weighted by atomic mass is 10.00. The van der Waals surface area contributed by atoms with Crippen molar-refractivity contribution in [2.75, 3.05) is 17.8 Å². The minimum atomic E-state index is -0.376. The van der Waals surface area contributed by atoms with Gasteiger partial charge in [-0.2, -0.15) is 0 Å². The number of hydrazine groups is 1. The second-order valence-electron chi connectivity index (χ2n) is 5.67. The highest BCUT2D eigenvalue weighted by Crippen LogP contribution is 2.25. The van der Waals surface area contributed by atoms with E-state index in [1.807, 2.05) is 6.07 Å². The summed E-state index contributed by atoms with van der Waals surface area (Å²) in [5.74, 6) is -0.376. The Balaban J connectivity index is 2.16. The van der Waals surface area contributed by atoms with E-state index in [0.717, 1.165) is 5.69 Å². The van der Waals surface area contributed by atoms with E-state index in [1.165, 1.54) is 19.3 Å². The van der Waals surface area contributed by atoms with Crippen LogP contribution in [-0.2, 0) is 4.74 Å². The molecule has 0 bridgehead atoms. The Hall–Kier alpha value is -1.75. The zero-order chi connectivity index (χ0) is 15.4. The SMILES string of the molecule is CCOC(=O)c1cc(NN2C(C)CCCC2C)ccc1N. The first-order chi connectivity index (χ1) is 10.0. The second kappa shape index (κ2) is 6.80. The Kier molecular flexibility index (Phi) is 5.07. The van der Waals surface area contributed by atoms with Crippen LogP contribution in [0.3, 0.4) is 0 Å². The van der Waals surface area contributed by atoms with Crippen molar-refractivity contribution in [3.8, 4) is 0 Å². The predicted octanol–water partition coefficient (Wildman–Crippen LogP) is 3.04. The van der Waals surface area contributed by atoms with E-state index in [2.05, 4.69) is 24.3 Å². The molecule has 0 saturated carbocycles. The van der Waals surface area contributed by atoms with E-state index in [4.69, 9.17) is 10.5 Å². The van der Waals surface area contributed by atoms with Crippen molar-refractivity contribution in [1.82, 2.24) is 5.01 Å². The Bertz CT molecular complexity index is 494. The highest BCUT2D eigenvalue weighted by atomic mass is 16.5. The minimum Gasteiger partial charge on any atom is -0.462 e. The van der Waals surface area contributed by atoms with E-state index in [1.54, 1.807) is 19.1 Å². The first-order valence-electron chi connectivity index (χ1n) is 7.64. The van der Waals surface area contributed by atoms with Gasteiger partial charge in [0, 0.05) is 23.5 Å². The van der Waals surface area contributed by atoms with Crippen LogP contribution < -0.4 is 11.2 Å². The maximum absolute atomic E-state index is 11.9. The summed E-state index contributed by atoms with van der Waals surface area (Å²) in [6, 6.07) is 6.34. The van der Waals surface area contributed by atoms with Crippen molar-refractivity contribution < 1.29 is 9.53 Å². The molecule has 1 aliphatic heterocycles. The van der Waals surface area contributed by atoms with Gasteiger partial charge < -0.3 is 15.9 Å². The van der Waals surface area contributed by atoms with Crippen molar-refractivity contribution in [2.45, 2.75) is 52.1 Å². The van der Waals surface area contributed by atoms with Crippen LogP contribution in [0.5, 0.6) is 0 Å². The number of nitrogens with zero attached hydrogens (tertiary/aromatic N) is 1. The molecule has 3 N–H and O–H groups in total. The molecule has 2 unspecified atom stereocenters. The fourth-order valence-corrected chi connectivity index (χ4v) is 2.80. The highest BCUT2D eigenvalue weighted by Gasteiger charge is 2.25. The summed E-state index contributed by atoms with van der Waals surface area (Å²) < 4.78 is 5.04. The van der Waals surface area contributed by atoms with Crippen LogP contribution in [0.4, 0.5) is 11.4 Å². The van der Waals surface area contributed by atoms with E-state index in [0.29, 0.717) is 29.9 Å². The van der Waals surface area contributed by atoms with E-state index < -0.39 is 0 Å². The molecule has 1 saturated heterocycles. The molecule has 2 atom stereocenters. The number of hydrogen-bond donors (Lipinski definition) is 2. The maximum Gasteiger partial charge on any atom is 0.340 e. The molecule has 1 aromatic carbocycles. The van der Waals surface area contributed by atoms with E-state index in [9.17, 15) is 4.79 Å². The third-order valence-corrected chi connectivity index (χ3v) is 4.00. The molecule has 0 aliphatic carbocycles. The monoisotopic (exact) mass is 291 g/mol. The molecule has 1 heterocycles. The van der Waals surface area contributed by atoms with Crippen LogP contribution in [0.25, 0.3) is 0 Å². The number of benzene rings is 1. The van der Waals surface area contributed by atoms with Crippen LogP contribution in [0, 0.1) is 0 Å². The van der Waals surface area contributed by atoms with Crippen molar-refractivity contribution in [2.24, 2.45) is 0 Å². The van der Waals surface area contributed by atoms with Gasteiger partial charge in [0.25, 0.3) is 0 Å². The normalized spacial score (nSPS) is 22.8. The van der Waals surface area contributed by atoms with Gasteiger partial charge in [-0.1, -0.05) is 6.42 Å². The molecule has 0 radical (unpaired) electrons. The summed E-state index contributed by atoms with van der Waals surface area (Å²) in [5.41, 5.74) is 11.0. The summed E-state index contributed by atoms with van der Waals surface area (Å²) >= 11 is 0. The average molecular weight is 291 g/mol. The predicted molar refractivity (Wildman–Crippen MR) is 85.0 cm³/mol. The molecular weight excluding hydrogens is 266 g/mol. The molecule has 0 aromatic heterocycles. The van der Waals surface area contributed by atoms with Crippen molar-refractivity contribution in [3.63, 3.8) is 0 Å². The largest absolute Gasteiger partial charge is 0.462 e. The lowest BCUT2D eigenvalue weighted by Gasteiger charge is -2.39. The molecule has 116 valence electrons. The smallest absolute Gasteiger partial charge is 0.340 e. The summed E-state index contributed by atoms with van der Waals surface area (Å²) in [6.07, 6.45) is 3.62. The van der Waals surface area contributed by atoms with Gasteiger partial charge in [0.1, 0.15) is 0 Å². The number of carbonyl (C=O) groups is 1. The van der Waals surface area contributed by atoms with Gasteiger partial charge in [-0.3, -0.25) is 0 Å². The summed E-state index contributed by atoms with van der Waals surface area (Å²) in [4.78, 5) is 11.9. The van der Waals surface area contributed by atoms with E-state index >= 15 is 0 Å².